The zero-order valence-corrected chi connectivity index (χ0v) is 13.0. The summed E-state index contributed by atoms with van der Waals surface area (Å²) in [5.74, 6) is 3.23. The Hall–Kier alpha value is -0.326. The fourth-order valence-electron chi connectivity index (χ4n) is 3.39. The third kappa shape index (κ3) is 3.83. The molecule has 1 heteroatoms. The molecule has 4 unspecified atom stereocenters. The van der Waals surface area contributed by atoms with Gasteiger partial charge in [-0.1, -0.05) is 49.3 Å². The molecule has 4 aliphatic rings. The van der Waals surface area contributed by atoms with Crippen LogP contribution < -0.4 is 0 Å². The van der Waals surface area contributed by atoms with E-state index in [1.54, 1.807) is 0 Å². The predicted molar refractivity (Wildman–Crippen MR) is 77.6 cm³/mol. The van der Waals surface area contributed by atoms with Crippen LogP contribution in [0.3, 0.4) is 0 Å². The average molecular weight is 286 g/mol. The summed E-state index contributed by atoms with van der Waals surface area (Å²) in [5.41, 5.74) is 0. The molecule has 0 aromatic carbocycles. The van der Waals surface area contributed by atoms with Crippen LogP contribution >= 0.6 is 0 Å². The van der Waals surface area contributed by atoms with Gasteiger partial charge in [-0.25, -0.2) is 0 Å². The van der Waals surface area contributed by atoms with E-state index >= 15 is 0 Å². The molecule has 0 aliphatic heterocycles. The summed E-state index contributed by atoms with van der Waals surface area (Å²) in [5, 5.41) is 0. The molecule has 2 saturated carbocycles. The standard InChI is InChI=1S/2C9H11.Ti/c2*1-2-5-9-7-3-6-8(9)4-1;/h2*1-2,4-6,8-9H,3,7H2;/q2*-1;+2. The molecule has 0 aromatic heterocycles. The third-order valence-electron chi connectivity index (χ3n) is 4.47. The van der Waals surface area contributed by atoms with Crippen LogP contribution in [0.2, 0.25) is 0 Å². The van der Waals surface area contributed by atoms with E-state index in [4.69, 9.17) is 0 Å². The van der Waals surface area contributed by atoms with Gasteiger partial charge in [0.15, 0.2) is 0 Å². The molecule has 0 heterocycles. The molecule has 4 aliphatic carbocycles. The van der Waals surface area contributed by atoms with Crippen LogP contribution in [0.1, 0.15) is 25.7 Å². The summed E-state index contributed by atoms with van der Waals surface area (Å²) in [7, 11) is 0. The molecule has 0 aromatic rings. The zero-order chi connectivity index (χ0) is 12.2. The molecule has 0 saturated heterocycles. The van der Waals surface area contributed by atoms with E-state index in [-0.39, 0.29) is 21.7 Å². The summed E-state index contributed by atoms with van der Waals surface area (Å²) in [6.45, 7) is 0. The largest absolute Gasteiger partial charge is 2.00 e. The molecule has 98 valence electrons. The first-order chi connectivity index (χ1) is 8.93. The van der Waals surface area contributed by atoms with Gasteiger partial charge in [0.1, 0.15) is 0 Å². The van der Waals surface area contributed by atoms with E-state index in [0.29, 0.717) is 0 Å². The van der Waals surface area contributed by atoms with Gasteiger partial charge in [0.25, 0.3) is 0 Å². The van der Waals surface area contributed by atoms with Crippen molar-refractivity contribution in [3.05, 3.63) is 61.4 Å². The number of hydrogen-bond donors (Lipinski definition) is 0. The quantitative estimate of drug-likeness (QED) is 0.448. The van der Waals surface area contributed by atoms with Crippen molar-refractivity contribution in [3.8, 4) is 0 Å². The van der Waals surface area contributed by atoms with E-state index in [0.717, 1.165) is 23.7 Å². The second-order valence-electron chi connectivity index (χ2n) is 5.65. The molecule has 19 heavy (non-hydrogen) atoms. The molecule has 0 bridgehead atoms. The second kappa shape index (κ2) is 7.45. The Morgan fingerprint density at radius 1 is 0.632 bits per heavy atom. The smallest absolute Gasteiger partial charge is 0.321 e. The molecule has 0 amide bonds. The van der Waals surface area contributed by atoms with E-state index in [1.165, 1.54) is 25.7 Å². The summed E-state index contributed by atoms with van der Waals surface area (Å²) < 4.78 is 0. The Bertz CT molecular complexity index is 314. The summed E-state index contributed by atoms with van der Waals surface area (Å²) >= 11 is 0. The first kappa shape index (κ1) is 15.1. The fraction of sp³-hybridized carbons (Fsp3) is 0.444. The fourth-order valence-corrected chi connectivity index (χ4v) is 3.39. The van der Waals surface area contributed by atoms with E-state index in [1.807, 2.05) is 0 Å². The van der Waals surface area contributed by atoms with Crippen LogP contribution in [0.15, 0.2) is 48.6 Å². The van der Waals surface area contributed by atoms with Gasteiger partial charge in [-0.2, -0.15) is 12.8 Å². The minimum atomic E-state index is 0. The van der Waals surface area contributed by atoms with E-state index in [2.05, 4.69) is 61.4 Å². The van der Waals surface area contributed by atoms with Gasteiger partial charge < -0.3 is 12.8 Å². The maximum Gasteiger partial charge on any atom is 2.00 e. The molecule has 0 N–H and O–H groups in total. The average Bonchev–Trinajstić information content (AvgIpc) is 3.08. The maximum absolute atomic E-state index is 2.42. The van der Waals surface area contributed by atoms with Gasteiger partial charge >= 0.3 is 21.7 Å². The number of hydrogen-bond acceptors (Lipinski definition) is 0. The molecule has 4 atom stereocenters. The molecular formula is C18H22Ti. The van der Waals surface area contributed by atoms with Gasteiger partial charge in [-0.05, 0) is 11.8 Å². The van der Waals surface area contributed by atoms with Gasteiger partial charge in [0.05, 0.1) is 0 Å². The normalized spacial score (nSPS) is 37.1. The monoisotopic (exact) mass is 286 g/mol. The number of fused-ring (bicyclic) bond motifs is 2. The minimum absolute atomic E-state index is 0. The van der Waals surface area contributed by atoms with Crippen molar-refractivity contribution in [1.29, 1.82) is 0 Å². The van der Waals surface area contributed by atoms with Crippen LogP contribution in [0.5, 0.6) is 0 Å². The SMILES string of the molecule is C1=CC2[CH-]CCC2C=C1.C1=CC2[CH-]CCC2C=C1.[Ti+2]. The molecule has 2 fully saturated rings. The van der Waals surface area contributed by atoms with Crippen LogP contribution in [0.4, 0.5) is 0 Å². The van der Waals surface area contributed by atoms with E-state index < -0.39 is 0 Å². The molecular weight excluding hydrogens is 264 g/mol. The van der Waals surface area contributed by atoms with Crippen molar-refractivity contribution in [3.63, 3.8) is 0 Å². The summed E-state index contributed by atoms with van der Waals surface area (Å²) in [6, 6.07) is 0. The van der Waals surface area contributed by atoms with Crippen molar-refractivity contribution >= 4 is 0 Å². The third-order valence-corrected chi connectivity index (χ3v) is 4.47. The van der Waals surface area contributed by atoms with Crippen LogP contribution in [0, 0.1) is 36.5 Å². The number of rotatable bonds is 0. The summed E-state index contributed by atoms with van der Waals surface area (Å²) in [4.78, 5) is 0. The van der Waals surface area contributed by atoms with Crippen molar-refractivity contribution in [2.45, 2.75) is 25.7 Å². The Morgan fingerprint density at radius 3 is 1.47 bits per heavy atom. The molecule has 0 nitrogen and oxygen atoms in total. The van der Waals surface area contributed by atoms with Gasteiger partial charge in [0, 0.05) is 0 Å². The van der Waals surface area contributed by atoms with Crippen LogP contribution in [0.25, 0.3) is 0 Å². The van der Waals surface area contributed by atoms with E-state index in [9.17, 15) is 0 Å². The Labute approximate surface area is 132 Å². The zero-order valence-electron chi connectivity index (χ0n) is 11.4. The van der Waals surface area contributed by atoms with Crippen molar-refractivity contribution in [2.75, 3.05) is 0 Å². The minimum Gasteiger partial charge on any atom is -0.321 e. The Kier molecular flexibility index (Phi) is 5.91. The molecule has 0 radical (unpaired) electrons. The van der Waals surface area contributed by atoms with Gasteiger partial charge in [0.2, 0.25) is 0 Å². The first-order valence-corrected chi connectivity index (χ1v) is 7.30. The predicted octanol–water partition coefficient (Wildman–Crippen LogP) is 4.68. The summed E-state index contributed by atoms with van der Waals surface area (Å²) in [6.07, 6.45) is 28.1. The van der Waals surface area contributed by atoms with Crippen LogP contribution in [-0.4, -0.2) is 0 Å². The van der Waals surface area contributed by atoms with Gasteiger partial charge in [-0.15, -0.1) is 24.0 Å². The molecule has 4 rings (SSSR count). The second-order valence-corrected chi connectivity index (χ2v) is 5.65. The Balaban J connectivity index is 0.000000133. The van der Waals surface area contributed by atoms with Crippen LogP contribution in [-0.2, 0) is 21.7 Å². The van der Waals surface area contributed by atoms with Gasteiger partial charge in [-0.3, -0.25) is 0 Å². The van der Waals surface area contributed by atoms with Crippen molar-refractivity contribution in [2.24, 2.45) is 23.7 Å². The molecule has 0 spiro atoms. The maximum atomic E-state index is 2.42. The topological polar surface area (TPSA) is 0 Å². The first-order valence-electron chi connectivity index (χ1n) is 7.30. The van der Waals surface area contributed by atoms with Crippen molar-refractivity contribution < 1.29 is 21.7 Å². The van der Waals surface area contributed by atoms with Crippen molar-refractivity contribution in [1.82, 2.24) is 0 Å². The number of allylic oxidation sites excluding steroid dienone is 8. The Morgan fingerprint density at radius 2 is 1.05 bits per heavy atom.